The number of nitrogens with one attached hydrogen (secondary N) is 1. The lowest BCUT2D eigenvalue weighted by atomic mass is 9.92. The van der Waals surface area contributed by atoms with Crippen molar-refractivity contribution in [1.29, 1.82) is 5.26 Å². The van der Waals surface area contributed by atoms with E-state index in [1.165, 1.54) is 23.8 Å². The zero-order valence-electron chi connectivity index (χ0n) is 26.8. The number of ether oxygens (including phenoxy) is 4. The number of hydrogen-bond donors (Lipinski definition) is 2. The van der Waals surface area contributed by atoms with E-state index in [0.717, 1.165) is 12.8 Å². The lowest BCUT2D eigenvalue weighted by molar-refractivity contribution is -0.204. The molecule has 0 radical (unpaired) electrons. The predicted octanol–water partition coefficient (Wildman–Crippen LogP) is 4.11. The third kappa shape index (κ3) is 6.70. The van der Waals surface area contributed by atoms with Gasteiger partial charge in [-0.3, -0.25) is 9.32 Å². The second-order valence-corrected chi connectivity index (χ2v) is 13.2. The average Bonchev–Trinajstić information content (AvgIpc) is 3.64. The number of fused-ring (bicyclic) bond motifs is 2. The number of carbonyl (C=O) groups is 1. The van der Waals surface area contributed by atoms with Crippen LogP contribution in [0.15, 0.2) is 48.8 Å². The lowest BCUT2D eigenvalue weighted by Crippen LogP contribution is -2.40. The van der Waals surface area contributed by atoms with Gasteiger partial charge in [-0.05, 0) is 50.9 Å². The summed E-state index contributed by atoms with van der Waals surface area (Å²) < 4.78 is 59.9. The number of esters is 1. The number of carbonyl (C=O) groups excluding carboxylic acids is 1. The van der Waals surface area contributed by atoms with E-state index in [1.807, 2.05) is 13.8 Å². The highest BCUT2D eigenvalue weighted by Crippen LogP contribution is 2.51. The van der Waals surface area contributed by atoms with Gasteiger partial charge in [0.25, 0.3) is 0 Å². The van der Waals surface area contributed by atoms with Crippen LogP contribution < -0.4 is 15.3 Å². The molecule has 0 amide bonds. The van der Waals surface area contributed by atoms with Crippen LogP contribution in [0.25, 0.3) is 5.52 Å². The molecular formula is C30H39N6O8P. The molecule has 0 aliphatic carbocycles. The molecule has 5 rings (SSSR count). The van der Waals surface area contributed by atoms with E-state index in [4.69, 9.17) is 35.1 Å². The molecule has 2 aromatic heterocycles. The third-order valence-electron chi connectivity index (χ3n) is 7.87. The molecule has 6 atom stereocenters. The zero-order valence-corrected chi connectivity index (χ0v) is 26.7. The van der Waals surface area contributed by atoms with Crippen molar-refractivity contribution in [3.05, 3.63) is 54.5 Å². The number of nitrogens with two attached hydrogens (primary N) is 1. The Balaban J connectivity index is 1.42. The van der Waals surface area contributed by atoms with E-state index in [2.05, 4.69) is 21.2 Å². The average molecular weight is 644 g/mol. The van der Waals surface area contributed by atoms with Crippen LogP contribution in [-0.4, -0.2) is 63.9 Å². The van der Waals surface area contributed by atoms with Crippen LogP contribution >= 0.6 is 7.75 Å². The van der Waals surface area contributed by atoms with Gasteiger partial charge in [-0.2, -0.15) is 15.4 Å². The van der Waals surface area contributed by atoms with E-state index in [-0.39, 0.29) is 41.3 Å². The largest absolute Gasteiger partial charge is 0.464 e. The van der Waals surface area contributed by atoms with Crippen LogP contribution in [0.2, 0.25) is 0 Å². The van der Waals surface area contributed by atoms with Gasteiger partial charge in [0, 0.05) is 0 Å². The van der Waals surface area contributed by atoms with Crippen LogP contribution in [0.5, 0.6) is 5.75 Å². The minimum absolute atomic E-state index is 0.0178. The SMILES string of the molecule is [2H]c1cc([C@]2(C#N)O[C@H](CO[P@@](=O)(N[C@@H](C)C(=O)OCC(CC)CC)Oc3ccccc3)[C@H]3OC(C)(C)O[C@H]32)n2ncnc(N)c12. The van der Waals surface area contributed by atoms with Gasteiger partial charge in [0.05, 0.1) is 20.3 Å². The Kier molecular flexibility index (Phi) is 9.10. The number of para-hydroxylation sites is 1. The van der Waals surface area contributed by atoms with Gasteiger partial charge in [0.1, 0.15) is 48.0 Å². The highest BCUT2D eigenvalue weighted by molar-refractivity contribution is 7.52. The number of hydrogen-bond acceptors (Lipinski definition) is 12. The van der Waals surface area contributed by atoms with Crippen molar-refractivity contribution in [2.24, 2.45) is 5.92 Å². The normalized spacial score (nSPS) is 26.2. The summed E-state index contributed by atoms with van der Waals surface area (Å²) in [5.74, 6) is -1.25. The first-order chi connectivity index (χ1) is 21.8. The van der Waals surface area contributed by atoms with Crippen LogP contribution in [0.3, 0.4) is 0 Å². The molecule has 15 heteroatoms. The van der Waals surface area contributed by atoms with E-state index in [0.29, 0.717) is 0 Å². The summed E-state index contributed by atoms with van der Waals surface area (Å²) in [5.41, 5.74) is 4.56. The molecule has 0 bridgehead atoms. The van der Waals surface area contributed by atoms with Crippen molar-refractivity contribution < 1.29 is 38.7 Å². The Labute approximate surface area is 263 Å². The minimum atomic E-state index is -4.28. The van der Waals surface area contributed by atoms with Crippen LogP contribution in [0.4, 0.5) is 5.82 Å². The Morgan fingerprint density at radius 3 is 2.67 bits per heavy atom. The number of anilines is 1. The van der Waals surface area contributed by atoms with E-state index in [1.54, 1.807) is 44.2 Å². The molecule has 2 aliphatic rings. The lowest BCUT2D eigenvalue weighted by Gasteiger charge is -2.29. The molecule has 0 spiro atoms. The Morgan fingerprint density at radius 1 is 1.24 bits per heavy atom. The van der Waals surface area contributed by atoms with Gasteiger partial charge in [-0.25, -0.2) is 14.1 Å². The smallest absolute Gasteiger partial charge is 0.459 e. The van der Waals surface area contributed by atoms with Crippen LogP contribution in [-0.2, 0) is 38.4 Å². The van der Waals surface area contributed by atoms with Gasteiger partial charge < -0.3 is 29.2 Å². The molecule has 1 aromatic carbocycles. The van der Waals surface area contributed by atoms with Crippen molar-refractivity contribution in [1.82, 2.24) is 19.7 Å². The Bertz CT molecular complexity index is 1650. The molecule has 3 N–H and O–H groups in total. The summed E-state index contributed by atoms with van der Waals surface area (Å²) >= 11 is 0. The quantitative estimate of drug-likeness (QED) is 0.201. The van der Waals surface area contributed by atoms with Crippen LogP contribution in [0.1, 0.15) is 54.5 Å². The maximum absolute atomic E-state index is 14.2. The second-order valence-electron chi connectivity index (χ2n) is 11.5. The number of nitrogens with zero attached hydrogens (tertiary/aromatic N) is 4. The van der Waals surface area contributed by atoms with E-state index >= 15 is 0 Å². The summed E-state index contributed by atoms with van der Waals surface area (Å²) in [6.45, 7) is 8.76. The highest BCUT2D eigenvalue weighted by Gasteiger charge is 2.65. The molecule has 0 saturated carbocycles. The maximum Gasteiger partial charge on any atom is 0.459 e. The summed E-state index contributed by atoms with van der Waals surface area (Å²) in [5, 5.41) is 17.5. The fraction of sp³-hybridized carbons (Fsp3) is 0.533. The zero-order chi connectivity index (χ0) is 33.3. The van der Waals surface area contributed by atoms with E-state index in [9.17, 15) is 14.6 Å². The fourth-order valence-corrected chi connectivity index (χ4v) is 6.90. The van der Waals surface area contributed by atoms with Crippen molar-refractivity contribution >= 4 is 25.1 Å². The topological polar surface area (TPSA) is 182 Å². The maximum atomic E-state index is 14.2. The number of benzene rings is 1. The van der Waals surface area contributed by atoms with Crippen molar-refractivity contribution in [3.8, 4) is 11.8 Å². The fourth-order valence-electron chi connectivity index (χ4n) is 5.40. The van der Waals surface area contributed by atoms with Crippen molar-refractivity contribution in [3.63, 3.8) is 0 Å². The number of aromatic nitrogens is 3. The summed E-state index contributed by atoms with van der Waals surface area (Å²) in [6.07, 6.45) is 0.0138. The van der Waals surface area contributed by atoms with Crippen molar-refractivity contribution in [2.45, 2.75) is 83.2 Å². The number of nitrogen functional groups attached to an aromatic ring is 1. The Morgan fingerprint density at radius 2 is 1.98 bits per heavy atom. The molecule has 45 heavy (non-hydrogen) atoms. The second kappa shape index (κ2) is 13.0. The van der Waals surface area contributed by atoms with Crippen molar-refractivity contribution in [2.75, 3.05) is 18.9 Å². The summed E-state index contributed by atoms with van der Waals surface area (Å²) in [4.78, 5) is 16.8. The molecule has 3 aromatic rings. The summed E-state index contributed by atoms with van der Waals surface area (Å²) in [6, 6.07) is 10.9. The molecular weight excluding hydrogens is 603 g/mol. The van der Waals surface area contributed by atoms with Crippen LogP contribution in [0, 0.1) is 17.2 Å². The molecule has 14 nitrogen and oxygen atoms in total. The Hall–Kier alpha value is -3.57. The third-order valence-corrected chi connectivity index (χ3v) is 9.51. The molecule has 2 fully saturated rings. The van der Waals surface area contributed by atoms with Gasteiger partial charge >= 0.3 is 13.7 Å². The number of nitriles is 1. The highest BCUT2D eigenvalue weighted by atomic mass is 31.2. The molecule has 4 heterocycles. The molecule has 242 valence electrons. The van der Waals surface area contributed by atoms with Gasteiger partial charge in [-0.1, -0.05) is 44.9 Å². The van der Waals surface area contributed by atoms with E-state index < -0.39 is 56.1 Å². The van der Waals surface area contributed by atoms with Gasteiger partial charge in [0.2, 0.25) is 5.60 Å². The monoisotopic (exact) mass is 643 g/mol. The molecule has 0 unspecified atom stereocenters. The van der Waals surface area contributed by atoms with Gasteiger partial charge in [0.15, 0.2) is 11.6 Å². The first kappa shape index (κ1) is 31.4. The predicted molar refractivity (Wildman–Crippen MR) is 162 cm³/mol. The standard InChI is InChI=1S/C30H39N6O8P/c1-6-20(7-2)15-39-28(37)19(3)35-45(38,44-21-11-9-8-10-12-21)40-16-23-25-26(43-29(4,5)42-25)30(17-31,41-23)24-14-13-22-27(32)33-18-34-36(22)24/h8-14,18-20,23,25-26H,6-7,15-16H2,1-5H3,(H,35,38)(H2,32,33,34)/t19-,23+,25+,26+,30-,45-/m0/s1/i13D. The summed E-state index contributed by atoms with van der Waals surface area (Å²) in [7, 11) is -4.28. The number of rotatable bonds is 13. The molecule has 2 aliphatic heterocycles. The molecule has 2 saturated heterocycles. The minimum Gasteiger partial charge on any atom is -0.464 e. The first-order valence-corrected chi connectivity index (χ1v) is 16.4. The first-order valence-electron chi connectivity index (χ1n) is 15.3. The van der Waals surface area contributed by atoms with Gasteiger partial charge in [-0.15, -0.1) is 0 Å².